The van der Waals surface area contributed by atoms with Gasteiger partial charge in [-0.3, -0.25) is 4.79 Å². The number of phenolic OH excluding ortho intramolecular Hbond substituents is 1. The van der Waals surface area contributed by atoms with Gasteiger partial charge in [0.2, 0.25) is 0 Å². The lowest BCUT2D eigenvalue weighted by Gasteiger charge is -2.08. The molecule has 0 radical (unpaired) electrons. The quantitative estimate of drug-likeness (QED) is 0.779. The van der Waals surface area contributed by atoms with Gasteiger partial charge in [-0.05, 0) is 25.0 Å². The normalized spacial score (nSPS) is 10.1. The van der Waals surface area contributed by atoms with Crippen molar-refractivity contribution in [3.8, 4) is 5.75 Å². The summed E-state index contributed by atoms with van der Waals surface area (Å²) >= 11 is 5.84. The topological polar surface area (TPSA) is 37.3 Å². The molecule has 3 heteroatoms. The van der Waals surface area contributed by atoms with E-state index in [9.17, 15) is 9.90 Å². The first kappa shape index (κ1) is 11.1. The number of rotatable bonds is 4. The monoisotopic (exact) mass is 212 g/mol. The van der Waals surface area contributed by atoms with Gasteiger partial charge in [-0.15, -0.1) is 0 Å². The molecule has 0 unspecified atom stereocenters. The fourth-order valence-electron chi connectivity index (χ4n) is 1.37. The highest BCUT2D eigenvalue weighted by Gasteiger charge is 2.10. The van der Waals surface area contributed by atoms with Crippen LogP contribution in [0.2, 0.25) is 5.02 Å². The molecule has 0 saturated carbocycles. The third-order valence-electron chi connectivity index (χ3n) is 2.18. The molecule has 0 amide bonds. The number of unbranched alkanes of at least 4 members (excludes halogenated alkanes) is 1. The van der Waals surface area contributed by atoms with Gasteiger partial charge in [0, 0.05) is 11.1 Å². The molecule has 0 aliphatic rings. The minimum Gasteiger partial charge on any atom is -0.508 e. The maximum Gasteiger partial charge on any atom is 0.151 e. The average molecular weight is 213 g/mol. The molecular formula is C11H13ClO2. The molecule has 1 aromatic rings. The Morgan fingerprint density at radius 1 is 1.50 bits per heavy atom. The number of hydrogen-bond acceptors (Lipinski definition) is 2. The predicted molar refractivity (Wildman–Crippen MR) is 57.1 cm³/mol. The van der Waals surface area contributed by atoms with Crippen LogP contribution >= 0.6 is 11.6 Å². The van der Waals surface area contributed by atoms with E-state index in [0.717, 1.165) is 12.8 Å². The minimum absolute atomic E-state index is 0.157. The van der Waals surface area contributed by atoms with Gasteiger partial charge < -0.3 is 5.11 Å². The van der Waals surface area contributed by atoms with Gasteiger partial charge >= 0.3 is 0 Å². The van der Waals surface area contributed by atoms with E-state index in [1.165, 1.54) is 12.1 Å². The van der Waals surface area contributed by atoms with Gasteiger partial charge in [0.15, 0.2) is 6.29 Å². The summed E-state index contributed by atoms with van der Waals surface area (Å²) in [6.07, 6.45) is 3.35. The standard InChI is InChI=1S/C11H13ClO2/c1-2-3-4-8-9(7-13)10(12)5-6-11(8)14/h5-7,14H,2-4H2,1H3. The third kappa shape index (κ3) is 2.26. The summed E-state index contributed by atoms with van der Waals surface area (Å²) in [5.41, 5.74) is 1.08. The van der Waals surface area contributed by atoms with E-state index in [0.29, 0.717) is 28.9 Å². The molecule has 1 aromatic carbocycles. The zero-order valence-electron chi connectivity index (χ0n) is 8.09. The first-order chi connectivity index (χ1) is 6.70. The van der Waals surface area contributed by atoms with Gasteiger partial charge in [0.05, 0.1) is 5.02 Å². The Hall–Kier alpha value is -1.02. The summed E-state index contributed by atoms with van der Waals surface area (Å²) in [6, 6.07) is 3.07. The van der Waals surface area contributed by atoms with Crippen molar-refractivity contribution >= 4 is 17.9 Å². The summed E-state index contributed by atoms with van der Waals surface area (Å²) in [5.74, 6) is 0.157. The van der Waals surface area contributed by atoms with E-state index < -0.39 is 0 Å². The fraction of sp³-hybridized carbons (Fsp3) is 0.364. The van der Waals surface area contributed by atoms with Crippen molar-refractivity contribution in [2.45, 2.75) is 26.2 Å². The van der Waals surface area contributed by atoms with Crippen LogP contribution < -0.4 is 0 Å². The maximum atomic E-state index is 10.8. The fourth-order valence-corrected chi connectivity index (χ4v) is 1.59. The number of aldehydes is 1. The average Bonchev–Trinajstić information content (AvgIpc) is 2.19. The van der Waals surface area contributed by atoms with Gasteiger partial charge in [-0.25, -0.2) is 0 Å². The second kappa shape index (κ2) is 5.01. The summed E-state index contributed by atoms with van der Waals surface area (Å²) in [7, 11) is 0. The van der Waals surface area contributed by atoms with Crippen LogP contribution in [0.15, 0.2) is 12.1 Å². The number of aromatic hydroxyl groups is 1. The van der Waals surface area contributed by atoms with Crippen LogP contribution in [0.3, 0.4) is 0 Å². The van der Waals surface area contributed by atoms with Crippen LogP contribution in [0.25, 0.3) is 0 Å². The smallest absolute Gasteiger partial charge is 0.151 e. The third-order valence-corrected chi connectivity index (χ3v) is 2.51. The molecule has 14 heavy (non-hydrogen) atoms. The molecule has 0 aliphatic heterocycles. The SMILES string of the molecule is CCCCc1c(O)ccc(Cl)c1C=O. The minimum atomic E-state index is 0.157. The molecule has 0 aliphatic carbocycles. The van der Waals surface area contributed by atoms with E-state index in [1.54, 1.807) is 0 Å². The largest absolute Gasteiger partial charge is 0.508 e. The Kier molecular flexibility index (Phi) is 3.96. The van der Waals surface area contributed by atoms with E-state index in [1.807, 2.05) is 0 Å². The molecule has 1 rings (SSSR count). The van der Waals surface area contributed by atoms with Crippen LogP contribution in [-0.2, 0) is 6.42 Å². The predicted octanol–water partition coefficient (Wildman–Crippen LogP) is 3.20. The van der Waals surface area contributed by atoms with Crippen molar-refractivity contribution in [1.82, 2.24) is 0 Å². The molecule has 0 atom stereocenters. The molecule has 76 valence electrons. The van der Waals surface area contributed by atoms with Crippen molar-refractivity contribution in [3.63, 3.8) is 0 Å². The Morgan fingerprint density at radius 3 is 2.79 bits per heavy atom. The number of carbonyl (C=O) groups is 1. The van der Waals surface area contributed by atoms with Crippen LogP contribution in [-0.4, -0.2) is 11.4 Å². The number of benzene rings is 1. The Balaban J connectivity index is 3.09. The van der Waals surface area contributed by atoms with Gasteiger partial charge in [-0.2, -0.15) is 0 Å². The van der Waals surface area contributed by atoms with Gasteiger partial charge in [0.1, 0.15) is 5.75 Å². The zero-order valence-corrected chi connectivity index (χ0v) is 8.84. The highest BCUT2D eigenvalue weighted by Crippen LogP contribution is 2.27. The lowest BCUT2D eigenvalue weighted by molar-refractivity contribution is 0.112. The second-order valence-electron chi connectivity index (χ2n) is 3.18. The van der Waals surface area contributed by atoms with Crippen molar-refractivity contribution in [1.29, 1.82) is 0 Å². The molecule has 2 nitrogen and oxygen atoms in total. The Bertz CT molecular complexity index is 334. The van der Waals surface area contributed by atoms with Crippen molar-refractivity contribution in [2.24, 2.45) is 0 Å². The first-order valence-electron chi connectivity index (χ1n) is 4.66. The maximum absolute atomic E-state index is 10.8. The Labute approximate surface area is 88.5 Å². The number of carbonyl (C=O) groups excluding carboxylic acids is 1. The molecule has 0 bridgehead atoms. The summed E-state index contributed by atoms with van der Waals surface area (Å²) in [5, 5.41) is 9.96. The van der Waals surface area contributed by atoms with Crippen LogP contribution in [0, 0.1) is 0 Å². The summed E-state index contributed by atoms with van der Waals surface area (Å²) < 4.78 is 0. The van der Waals surface area contributed by atoms with Gasteiger partial charge in [0.25, 0.3) is 0 Å². The van der Waals surface area contributed by atoms with Crippen LogP contribution in [0.1, 0.15) is 35.7 Å². The number of phenols is 1. The molecule has 0 saturated heterocycles. The molecule has 0 heterocycles. The zero-order chi connectivity index (χ0) is 10.6. The molecule has 0 aromatic heterocycles. The summed E-state index contributed by atoms with van der Waals surface area (Å²) in [4.78, 5) is 10.8. The van der Waals surface area contributed by atoms with Crippen molar-refractivity contribution in [3.05, 3.63) is 28.3 Å². The highest BCUT2D eigenvalue weighted by atomic mass is 35.5. The van der Waals surface area contributed by atoms with Crippen LogP contribution in [0.5, 0.6) is 5.75 Å². The van der Waals surface area contributed by atoms with Crippen molar-refractivity contribution in [2.75, 3.05) is 0 Å². The first-order valence-corrected chi connectivity index (χ1v) is 5.04. The van der Waals surface area contributed by atoms with E-state index in [2.05, 4.69) is 6.92 Å². The van der Waals surface area contributed by atoms with E-state index in [-0.39, 0.29) is 5.75 Å². The molecule has 1 N–H and O–H groups in total. The van der Waals surface area contributed by atoms with E-state index >= 15 is 0 Å². The number of halogens is 1. The van der Waals surface area contributed by atoms with Crippen LogP contribution in [0.4, 0.5) is 0 Å². The molecule has 0 fully saturated rings. The summed E-state index contributed by atoms with van der Waals surface area (Å²) in [6.45, 7) is 2.06. The lowest BCUT2D eigenvalue weighted by atomic mass is 10.0. The molecule has 0 spiro atoms. The van der Waals surface area contributed by atoms with Gasteiger partial charge in [-0.1, -0.05) is 24.9 Å². The Morgan fingerprint density at radius 2 is 2.21 bits per heavy atom. The highest BCUT2D eigenvalue weighted by molar-refractivity contribution is 6.33. The number of hydrogen-bond donors (Lipinski definition) is 1. The molecular weight excluding hydrogens is 200 g/mol. The van der Waals surface area contributed by atoms with E-state index in [4.69, 9.17) is 11.6 Å². The lowest BCUT2D eigenvalue weighted by Crippen LogP contribution is -1.94. The van der Waals surface area contributed by atoms with Crippen molar-refractivity contribution < 1.29 is 9.90 Å². The second-order valence-corrected chi connectivity index (χ2v) is 3.59.